The Morgan fingerprint density at radius 2 is 2.16 bits per heavy atom. The summed E-state index contributed by atoms with van der Waals surface area (Å²) in [4.78, 5) is 20.0. The Morgan fingerprint density at radius 1 is 1.42 bits per heavy atom. The van der Waals surface area contributed by atoms with Gasteiger partial charge >= 0.3 is 0 Å². The molecule has 19 heavy (non-hydrogen) atoms. The number of nitrogens with one attached hydrogen (secondary N) is 2. The summed E-state index contributed by atoms with van der Waals surface area (Å²) in [6, 6.07) is 0. The molecule has 1 aromatic rings. The number of rotatable bonds is 7. The molecule has 1 heterocycles. The van der Waals surface area contributed by atoms with Crippen molar-refractivity contribution in [2.75, 3.05) is 32.1 Å². The first-order chi connectivity index (χ1) is 9.08. The molecule has 0 bridgehead atoms. The smallest absolute Gasteiger partial charge is 0.239 e. The molecule has 0 aliphatic heterocycles. The Bertz CT molecular complexity index is 440. The fourth-order valence-electron chi connectivity index (χ4n) is 1.38. The summed E-state index contributed by atoms with van der Waals surface area (Å²) in [5.74, 6) is 1.13. The van der Waals surface area contributed by atoms with E-state index in [1.54, 1.807) is 7.11 Å². The normalized spacial score (nSPS) is 10.3. The van der Waals surface area contributed by atoms with Crippen molar-refractivity contribution in [3.63, 3.8) is 0 Å². The zero-order valence-electron chi connectivity index (χ0n) is 11.4. The number of amides is 1. The van der Waals surface area contributed by atoms with Gasteiger partial charge in [-0.1, -0.05) is 18.5 Å². The van der Waals surface area contributed by atoms with Crippen LogP contribution in [0.5, 0.6) is 0 Å². The zero-order chi connectivity index (χ0) is 14.3. The third-order valence-corrected chi connectivity index (χ3v) is 2.86. The van der Waals surface area contributed by atoms with Crippen LogP contribution < -0.4 is 10.6 Å². The molecule has 1 rings (SSSR count). The number of hydrogen-bond donors (Lipinski definition) is 2. The van der Waals surface area contributed by atoms with Gasteiger partial charge in [0.15, 0.2) is 0 Å². The average Bonchev–Trinajstić information content (AvgIpc) is 2.40. The summed E-state index contributed by atoms with van der Waals surface area (Å²) in [5, 5.41) is 6.09. The van der Waals surface area contributed by atoms with E-state index in [4.69, 9.17) is 16.3 Å². The number of aromatic nitrogens is 2. The van der Waals surface area contributed by atoms with Gasteiger partial charge in [0.1, 0.15) is 16.8 Å². The van der Waals surface area contributed by atoms with Crippen LogP contribution in [-0.2, 0) is 16.0 Å². The maximum atomic E-state index is 11.5. The van der Waals surface area contributed by atoms with Gasteiger partial charge in [0.25, 0.3) is 0 Å². The molecule has 0 spiro atoms. The van der Waals surface area contributed by atoms with Crippen LogP contribution >= 0.6 is 11.6 Å². The SMILES string of the molecule is CCc1nc(Cl)c(C)c(NCC(=O)NCCOC)n1. The molecular formula is C12H19ClN4O2. The van der Waals surface area contributed by atoms with Crippen molar-refractivity contribution < 1.29 is 9.53 Å². The van der Waals surface area contributed by atoms with Gasteiger partial charge < -0.3 is 15.4 Å². The van der Waals surface area contributed by atoms with E-state index in [1.807, 2.05) is 13.8 Å². The van der Waals surface area contributed by atoms with E-state index in [0.717, 1.165) is 5.56 Å². The predicted molar refractivity (Wildman–Crippen MR) is 74.5 cm³/mol. The molecule has 1 aromatic heterocycles. The number of hydrogen-bond acceptors (Lipinski definition) is 5. The third kappa shape index (κ3) is 5.00. The topological polar surface area (TPSA) is 76.1 Å². The molecule has 106 valence electrons. The minimum Gasteiger partial charge on any atom is -0.383 e. The van der Waals surface area contributed by atoms with Crippen molar-refractivity contribution in [3.8, 4) is 0 Å². The average molecular weight is 287 g/mol. The molecule has 0 atom stereocenters. The number of carbonyl (C=O) groups excluding carboxylic acids is 1. The van der Waals surface area contributed by atoms with Gasteiger partial charge in [-0.05, 0) is 6.92 Å². The van der Waals surface area contributed by atoms with Crippen LogP contribution in [0.2, 0.25) is 5.15 Å². The summed E-state index contributed by atoms with van der Waals surface area (Å²) >= 11 is 6.01. The lowest BCUT2D eigenvalue weighted by Gasteiger charge is -2.11. The first kappa shape index (κ1) is 15.7. The van der Waals surface area contributed by atoms with Crippen molar-refractivity contribution in [1.82, 2.24) is 15.3 Å². The Kier molecular flexibility index (Phi) is 6.52. The molecule has 0 radical (unpaired) electrons. The number of nitrogens with zero attached hydrogens (tertiary/aromatic N) is 2. The molecule has 0 aliphatic carbocycles. The highest BCUT2D eigenvalue weighted by atomic mass is 35.5. The Morgan fingerprint density at radius 3 is 2.79 bits per heavy atom. The van der Waals surface area contributed by atoms with Gasteiger partial charge in [-0.15, -0.1) is 0 Å². The molecule has 0 saturated carbocycles. The highest BCUT2D eigenvalue weighted by molar-refractivity contribution is 6.30. The summed E-state index contributed by atoms with van der Waals surface area (Å²) in [5.41, 5.74) is 0.739. The van der Waals surface area contributed by atoms with E-state index in [1.165, 1.54) is 0 Å². The van der Waals surface area contributed by atoms with Crippen LogP contribution in [0.15, 0.2) is 0 Å². The van der Waals surface area contributed by atoms with Gasteiger partial charge in [-0.3, -0.25) is 4.79 Å². The first-order valence-corrected chi connectivity index (χ1v) is 6.48. The van der Waals surface area contributed by atoms with Crippen LogP contribution in [0.25, 0.3) is 0 Å². The maximum absolute atomic E-state index is 11.5. The quantitative estimate of drug-likeness (QED) is 0.581. The van der Waals surface area contributed by atoms with Crippen molar-refractivity contribution in [1.29, 1.82) is 0 Å². The molecule has 6 nitrogen and oxygen atoms in total. The van der Waals surface area contributed by atoms with Crippen LogP contribution in [0, 0.1) is 6.92 Å². The summed E-state index contributed by atoms with van der Waals surface area (Å²) in [6.07, 6.45) is 0.689. The van der Waals surface area contributed by atoms with Crippen molar-refractivity contribution >= 4 is 23.3 Å². The molecule has 2 N–H and O–H groups in total. The van der Waals surface area contributed by atoms with E-state index < -0.39 is 0 Å². The van der Waals surface area contributed by atoms with Gasteiger partial charge in [-0.2, -0.15) is 0 Å². The molecular weight excluding hydrogens is 268 g/mol. The first-order valence-electron chi connectivity index (χ1n) is 6.11. The molecule has 0 aromatic carbocycles. The number of ether oxygens (including phenoxy) is 1. The van der Waals surface area contributed by atoms with E-state index in [-0.39, 0.29) is 12.5 Å². The molecule has 0 fully saturated rings. The second-order valence-corrected chi connectivity index (χ2v) is 4.31. The minimum absolute atomic E-state index is 0.121. The Balaban J connectivity index is 2.57. The van der Waals surface area contributed by atoms with Crippen molar-refractivity contribution in [2.45, 2.75) is 20.3 Å². The number of aryl methyl sites for hydroxylation is 1. The Hall–Kier alpha value is -1.40. The fourth-order valence-corrected chi connectivity index (χ4v) is 1.57. The van der Waals surface area contributed by atoms with Crippen LogP contribution in [0.4, 0.5) is 5.82 Å². The fraction of sp³-hybridized carbons (Fsp3) is 0.583. The van der Waals surface area contributed by atoms with E-state index in [2.05, 4.69) is 20.6 Å². The van der Waals surface area contributed by atoms with Gasteiger partial charge in [0, 0.05) is 25.6 Å². The summed E-state index contributed by atoms with van der Waals surface area (Å²) in [7, 11) is 1.59. The molecule has 0 saturated heterocycles. The molecule has 0 aliphatic rings. The number of halogens is 1. The highest BCUT2D eigenvalue weighted by Gasteiger charge is 2.09. The van der Waals surface area contributed by atoms with Crippen LogP contribution in [0.1, 0.15) is 18.3 Å². The standard InChI is InChI=1S/C12H19ClN4O2/c1-4-9-16-11(13)8(2)12(17-9)15-7-10(18)14-5-6-19-3/h4-7H2,1-3H3,(H,14,18)(H,15,16,17). The summed E-state index contributed by atoms with van der Waals surface area (Å²) in [6.45, 7) is 4.88. The lowest BCUT2D eigenvalue weighted by Crippen LogP contribution is -2.32. The molecule has 1 amide bonds. The largest absolute Gasteiger partial charge is 0.383 e. The second kappa shape index (κ2) is 7.91. The van der Waals surface area contributed by atoms with Gasteiger partial charge in [0.2, 0.25) is 5.91 Å². The van der Waals surface area contributed by atoms with E-state index in [0.29, 0.717) is 36.4 Å². The predicted octanol–water partition coefficient (Wildman–Crippen LogP) is 1.18. The van der Waals surface area contributed by atoms with Crippen molar-refractivity contribution in [3.05, 3.63) is 16.5 Å². The van der Waals surface area contributed by atoms with Gasteiger partial charge in [-0.25, -0.2) is 9.97 Å². The highest BCUT2D eigenvalue weighted by Crippen LogP contribution is 2.19. The van der Waals surface area contributed by atoms with Crippen LogP contribution in [0.3, 0.4) is 0 Å². The zero-order valence-corrected chi connectivity index (χ0v) is 12.2. The lowest BCUT2D eigenvalue weighted by molar-refractivity contribution is -0.119. The van der Waals surface area contributed by atoms with E-state index >= 15 is 0 Å². The second-order valence-electron chi connectivity index (χ2n) is 3.95. The van der Waals surface area contributed by atoms with Gasteiger partial charge in [0.05, 0.1) is 13.2 Å². The van der Waals surface area contributed by atoms with Crippen LogP contribution in [-0.4, -0.2) is 42.7 Å². The number of anilines is 1. The lowest BCUT2D eigenvalue weighted by atomic mass is 10.3. The summed E-state index contributed by atoms with van der Waals surface area (Å²) < 4.78 is 4.85. The Labute approximate surface area is 117 Å². The molecule has 0 unspecified atom stereocenters. The number of methoxy groups -OCH3 is 1. The minimum atomic E-state index is -0.121. The number of carbonyl (C=O) groups is 1. The maximum Gasteiger partial charge on any atom is 0.239 e. The monoisotopic (exact) mass is 286 g/mol. The van der Waals surface area contributed by atoms with E-state index in [9.17, 15) is 4.79 Å². The third-order valence-electron chi connectivity index (χ3n) is 2.49. The van der Waals surface area contributed by atoms with Crippen molar-refractivity contribution in [2.24, 2.45) is 0 Å². The molecule has 7 heteroatoms.